The summed E-state index contributed by atoms with van der Waals surface area (Å²) in [5, 5.41) is 12.3. The van der Waals surface area contributed by atoms with E-state index in [1.807, 2.05) is 25.1 Å². The molecule has 1 heterocycles. The number of carboxylic acid groups (broad SMARTS) is 1. The zero-order valence-corrected chi connectivity index (χ0v) is 22.2. The Morgan fingerprint density at radius 3 is 2.35 bits per heavy atom. The van der Waals surface area contributed by atoms with Crippen molar-refractivity contribution in [3.05, 3.63) is 59.2 Å². The number of hydrogen-bond acceptors (Lipinski definition) is 5. The van der Waals surface area contributed by atoms with Crippen LogP contribution in [0.4, 0.5) is 29.7 Å². The van der Waals surface area contributed by atoms with Crippen LogP contribution in [0.3, 0.4) is 0 Å². The SMILES string of the molecule is Cc1ccc(CN2CCN(C(=O)O)CC2)cc1NC(=S)CN(C(=O)OC(C)(C)C)c1ccc(F)c(F)c1. The molecule has 2 N–H and O–H groups in total. The topological polar surface area (TPSA) is 85.4 Å². The van der Waals surface area contributed by atoms with Crippen LogP contribution < -0.4 is 10.2 Å². The zero-order valence-electron chi connectivity index (χ0n) is 21.4. The van der Waals surface area contributed by atoms with Crippen molar-refractivity contribution in [2.75, 3.05) is 42.9 Å². The summed E-state index contributed by atoms with van der Waals surface area (Å²) in [6.07, 6.45) is -1.65. The molecule has 0 spiro atoms. The van der Waals surface area contributed by atoms with Crippen molar-refractivity contribution in [1.29, 1.82) is 0 Å². The fourth-order valence-electron chi connectivity index (χ4n) is 3.82. The lowest BCUT2D eigenvalue weighted by Gasteiger charge is -2.33. The van der Waals surface area contributed by atoms with Crippen molar-refractivity contribution in [3.63, 3.8) is 0 Å². The average molecular weight is 535 g/mol. The molecule has 0 atom stereocenters. The summed E-state index contributed by atoms with van der Waals surface area (Å²) in [5.41, 5.74) is 2.01. The molecular formula is C26H32F2N4O4S. The first-order valence-corrected chi connectivity index (χ1v) is 12.3. The van der Waals surface area contributed by atoms with Gasteiger partial charge in [0.05, 0.1) is 12.2 Å². The van der Waals surface area contributed by atoms with Crippen LogP contribution >= 0.6 is 12.2 Å². The van der Waals surface area contributed by atoms with Crippen LogP contribution in [0, 0.1) is 18.6 Å². The number of halogens is 2. The molecule has 37 heavy (non-hydrogen) atoms. The number of carbonyl (C=O) groups excluding carboxylic acids is 1. The first kappa shape index (κ1) is 28.3. The van der Waals surface area contributed by atoms with Gasteiger partial charge >= 0.3 is 12.2 Å². The smallest absolute Gasteiger partial charge is 0.415 e. The molecular weight excluding hydrogens is 502 g/mol. The van der Waals surface area contributed by atoms with Gasteiger partial charge in [0, 0.05) is 44.5 Å². The number of piperazine rings is 1. The molecule has 0 radical (unpaired) electrons. The van der Waals surface area contributed by atoms with E-state index in [2.05, 4.69) is 10.2 Å². The van der Waals surface area contributed by atoms with E-state index in [-0.39, 0.29) is 17.2 Å². The molecule has 0 saturated carbocycles. The lowest BCUT2D eigenvalue weighted by molar-refractivity contribution is 0.0585. The average Bonchev–Trinajstić information content (AvgIpc) is 2.81. The van der Waals surface area contributed by atoms with E-state index in [1.165, 1.54) is 11.0 Å². The van der Waals surface area contributed by atoms with Gasteiger partial charge in [-0.2, -0.15) is 0 Å². The standard InChI is InChI=1S/C26H32F2N4O4S/c1-17-5-6-18(15-30-9-11-31(12-10-30)24(33)34)13-22(17)29-23(37)16-32(25(35)36-26(2,3)4)19-7-8-20(27)21(28)14-19/h5-8,13-14H,9-12,15-16H2,1-4H3,(H,29,37)(H,33,34). The Kier molecular flexibility index (Phi) is 9.03. The Morgan fingerprint density at radius 2 is 1.76 bits per heavy atom. The molecule has 2 aromatic rings. The summed E-state index contributed by atoms with van der Waals surface area (Å²) in [4.78, 5) is 29.1. The number of nitrogens with one attached hydrogen (secondary N) is 1. The highest BCUT2D eigenvalue weighted by molar-refractivity contribution is 7.80. The second kappa shape index (κ2) is 11.8. The van der Waals surface area contributed by atoms with E-state index in [0.717, 1.165) is 33.8 Å². The van der Waals surface area contributed by atoms with E-state index in [4.69, 9.17) is 22.1 Å². The number of hydrogen-bond donors (Lipinski definition) is 2. The molecule has 0 aliphatic carbocycles. The summed E-state index contributed by atoms with van der Waals surface area (Å²) in [6.45, 7) is 9.78. The van der Waals surface area contributed by atoms with Gasteiger partial charge in [0.25, 0.3) is 0 Å². The van der Waals surface area contributed by atoms with Gasteiger partial charge in [-0.15, -0.1) is 0 Å². The van der Waals surface area contributed by atoms with E-state index >= 15 is 0 Å². The molecule has 3 rings (SSSR count). The van der Waals surface area contributed by atoms with Gasteiger partial charge in [0.1, 0.15) is 10.6 Å². The fourth-order valence-corrected chi connectivity index (χ4v) is 4.06. The number of amides is 2. The Bertz CT molecular complexity index is 1160. The van der Waals surface area contributed by atoms with Crippen molar-refractivity contribution in [2.45, 2.75) is 39.8 Å². The number of carbonyl (C=O) groups is 2. The van der Waals surface area contributed by atoms with E-state index in [9.17, 15) is 18.4 Å². The number of ether oxygens (including phenoxy) is 1. The van der Waals surface area contributed by atoms with Gasteiger partial charge in [-0.05, 0) is 57.0 Å². The highest BCUT2D eigenvalue weighted by Crippen LogP contribution is 2.23. The second-order valence-corrected chi connectivity index (χ2v) is 10.4. The van der Waals surface area contributed by atoms with E-state index < -0.39 is 29.4 Å². The Hall–Kier alpha value is -3.31. The van der Waals surface area contributed by atoms with Crippen LogP contribution in [0.5, 0.6) is 0 Å². The highest BCUT2D eigenvalue weighted by atomic mass is 32.1. The lowest BCUT2D eigenvalue weighted by atomic mass is 10.1. The molecule has 0 bridgehead atoms. The van der Waals surface area contributed by atoms with Gasteiger partial charge in [0.2, 0.25) is 0 Å². The van der Waals surface area contributed by atoms with Gasteiger partial charge in [0.15, 0.2) is 11.6 Å². The van der Waals surface area contributed by atoms with Crippen LogP contribution in [0.15, 0.2) is 36.4 Å². The van der Waals surface area contributed by atoms with Crippen molar-refractivity contribution >= 4 is 40.8 Å². The van der Waals surface area contributed by atoms with Crippen molar-refractivity contribution < 1.29 is 28.2 Å². The maximum atomic E-state index is 13.9. The molecule has 2 aromatic carbocycles. The normalized spacial score (nSPS) is 14.3. The number of benzene rings is 2. The van der Waals surface area contributed by atoms with Crippen LogP contribution in [0.1, 0.15) is 31.9 Å². The minimum atomic E-state index is -1.09. The van der Waals surface area contributed by atoms with Gasteiger partial charge in [-0.3, -0.25) is 9.80 Å². The van der Waals surface area contributed by atoms with Gasteiger partial charge in [-0.1, -0.05) is 24.4 Å². The lowest BCUT2D eigenvalue weighted by Crippen LogP contribution is -2.47. The number of anilines is 2. The van der Waals surface area contributed by atoms with Crippen LogP contribution in [0.2, 0.25) is 0 Å². The summed E-state index contributed by atoms with van der Waals surface area (Å²) in [5.74, 6) is -2.11. The van der Waals surface area contributed by atoms with Crippen molar-refractivity contribution in [3.8, 4) is 0 Å². The second-order valence-electron chi connectivity index (χ2n) is 9.91. The number of nitrogens with zero attached hydrogens (tertiary/aromatic N) is 3. The zero-order chi connectivity index (χ0) is 27.3. The first-order valence-electron chi connectivity index (χ1n) is 11.9. The van der Waals surface area contributed by atoms with Gasteiger partial charge < -0.3 is 20.1 Å². The molecule has 2 amide bonds. The molecule has 0 unspecified atom stereocenters. The molecule has 11 heteroatoms. The largest absolute Gasteiger partial charge is 0.465 e. The Morgan fingerprint density at radius 1 is 1.08 bits per heavy atom. The Balaban J connectivity index is 1.72. The fraction of sp³-hybridized carbons (Fsp3) is 0.423. The quantitative estimate of drug-likeness (QED) is 0.490. The maximum Gasteiger partial charge on any atom is 0.415 e. The monoisotopic (exact) mass is 534 g/mol. The molecule has 1 aliphatic heterocycles. The molecule has 1 saturated heterocycles. The minimum absolute atomic E-state index is 0.114. The molecule has 0 aromatic heterocycles. The third kappa shape index (κ3) is 8.09. The Labute approximate surface area is 220 Å². The predicted octanol–water partition coefficient (Wildman–Crippen LogP) is 5.25. The molecule has 200 valence electrons. The predicted molar refractivity (Wildman–Crippen MR) is 142 cm³/mol. The first-order chi connectivity index (χ1) is 17.3. The molecule has 1 aliphatic rings. The van der Waals surface area contributed by atoms with E-state index in [1.54, 1.807) is 20.8 Å². The van der Waals surface area contributed by atoms with Crippen molar-refractivity contribution in [1.82, 2.24) is 9.80 Å². The summed E-state index contributed by atoms with van der Waals surface area (Å²) in [7, 11) is 0. The summed E-state index contributed by atoms with van der Waals surface area (Å²) >= 11 is 5.53. The van der Waals surface area contributed by atoms with E-state index in [0.29, 0.717) is 32.7 Å². The molecule has 8 nitrogen and oxygen atoms in total. The third-order valence-corrected chi connectivity index (χ3v) is 5.99. The number of aryl methyl sites for hydroxylation is 1. The van der Waals surface area contributed by atoms with Crippen LogP contribution in [-0.4, -0.2) is 70.4 Å². The summed E-state index contributed by atoms with van der Waals surface area (Å²) < 4.78 is 32.9. The van der Waals surface area contributed by atoms with Crippen LogP contribution in [0.25, 0.3) is 0 Å². The highest BCUT2D eigenvalue weighted by Gasteiger charge is 2.26. The number of thiocarbonyl (C=S) groups is 1. The summed E-state index contributed by atoms with van der Waals surface area (Å²) in [6, 6.07) is 9.08. The van der Waals surface area contributed by atoms with Gasteiger partial charge in [-0.25, -0.2) is 18.4 Å². The minimum Gasteiger partial charge on any atom is -0.465 e. The third-order valence-electron chi connectivity index (χ3n) is 5.76. The molecule has 1 fully saturated rings. The number of rotatable bonds is 6. The van der Waals surface area contributed by atoms with Crippen LogP contribution in [-0.2, 0) is 11.3 Å². The maximum absolute atomic E-state index is 13.9. The van der Waals surface area contributed by atoms with Crippen molar-refractivity contribution in [2.24, 2.45) is 0 Å².